The summed E-state index contributed by atoms with van der Waals surface area (Å²) in [7, 11) is 0. The van der Waals surface area contributed by atoms with Gasteiger partial charge < -0.3 is 0 Å². The number of aromatic nitrogens is 4. The minimum Gasteiger partial charge on any atom is -0.265 e. The molecule has 1 aliphatic carbocycles. The Morgan fingerprint density at radius 2 is 1.89 bits per heavy atom. The molecule has 2 aromatic carbocycles. The smallest absolute Gasteiger partial charge is 0.265 e. The Hall–Kier alpha value is -3.21. The standard InChI is InChI=1S/C23H22N4O/c1-15-6-5-8-17(12-15)14-26-23(28)22-19(21(25-26)18-10-11-18)13-24-27(22)20-9-4-3-7-16(20)2/h3-9,12-13,18H,10-11,14H2,1-2H3. The van der Waals surface area contributed by atoms with Crippen LogP contribution in [0.2, 0.25) is 0 Å². The fraction of sp³-hybridized carbons (Fsp3) is 0.261. The lowest BCUT2D eigenvalue weighted by atomic mass is 10.1. The largest absolute Gasteiger partial charge is 0.293 e. The van der Waals surface area contributed by atoms with Crippen LogP contribution in [0.4, 0.5) is 0 Å². The number of para-hydroxylation sites is 1. The van der Waals surface area contributed by atoms with Gasteiger partial charge in [0, 0.05) is 11.3 Å². The molecule has 5 nitrogen and oxygen atoms in total. The molecular weight excluding hydrogens is 348 g/mol. The van der Waals surface area contributed by atoms with Gasteiger partial charge in [0.15, 0.2) is 0 Å². The molecule has 0 spiro atoms. The highest BCUT2D eigenvalue weighted by Gasteiger charge is 2.30. The van der Waals surface area contributed by atoms with Gasteiger partial charge in [0.1, 0.15) is 5.52 Å². The van der Waals surface area contributed by atoms with Crippen LogP contribution in [-0.4, -0.2) is 19.6 Å². The van der Waals surface area contributed by atoms with E-state index in [0.29, 0.717) is 18.0 Å². The van der Waals surface area contributed by atoms with Crippen LogP contribution in [0.1, 0.15) is 41.1 Å². The summed E-state index contributed by atoms with van der Waals surface area (Å²) in [5.41, 5.74) is 5.81. The van der Waals surface area contributed by atoms with E-state index in [-0.39, 0.29) is 5.56 Å². The summed E-state index contributed by atoms with van der Waals surface area (Å²) >= 11 is 0. The highest BCUT2D eigenvalue weighted by atomic mass is 16.1. The molecule has 1 fully saturated rings. The molecule has 0 N–H and O–H groups in total. The van der Waals surface area contributed by atoms with Gasteiger partial charge in [-0.1, -0.05) is 48.0 Å². The molecule has 2 aromatic heterocycles. The highest BCUT2D eigenvalue weighted by molar-refractivity contribution is 5.82. The van der Waals surface area contributed by atoms with Gasteiger partial charge in [-0.05, 0) is 43.9 Å². The van der Waals surface area contributed by atoms with Crippen LogP contribution < -0.4 is 5.56 Å². The maximum absolute atomic E-state index is 13.4. The van der Waals surface area contributed by atoms with E-state index >= 15 is 0 Å². The third-order valence-corrected chi connectivity index (χ3v) is 5.43. The van der Waals surface area contributed by atoms with Gasteiger partial charge >= 0.3 is 0 Å². The molecule has 0 amide bonds. The summed E-state index contributed by atoms with van der Waals surface area (Å²) in [6, 6.07) is 16.2. The molecule has 140 valence electrons. The SMILES string of the molecule is Cc1cccc(Cn2nc(C3CC3)c3cnn(-c4ccccc4C)c3c2=O)c1. The van der Waals surface area contributed by atoms with Crippen molar-refractivity contribution in [2.24, 2.45) is 0 Å². The van der Waals surface area contributed by atoms with Crippen LogP contribution in [-0.2, 0) is 6.54 Å². The van der Waals surface area contributed by atoms with Crippen molar-refractivity contribution >= 4 is 10.9 Å². The van der Waals surface area contributed by atoms with Crippen molar-refractivity contribution in [3.8, 4) is 5.69 Å². The number of rotatable bonds is 4. The second kappa shape index (κ2) is 6.44. The van der Waals surface area contributed by atoms with E-state index in [4.69, 9.17) is 5.10 Å². The van der Waals surface area contributed by atoms with Crippen LogP contribution >= 0.6 is 0 Å². The Morgan fingerprint density at radius 3 is 2.64 bits per heavy atom. The Balaban J connectivity index is 1.74. The predicted octanol–water partition coefficient (Wildman–Crippen LogP) is 4.12. The molecule has 5 heteroatoms. The van der Waals surface area contributed by atoms with E-state index in [1.807, 2.05) is 43.3 Å². The van der Waals surface area contributed by atoms with Crippen molar-refractivity contribution in [3.63, 3.8) is 0 Å². The second-order valence-corrected chi connectivity index (χ2v) is 7.72. The lowest BCUT2D eigenvalue weighted by Gasteiger charge is -2.11. The van der Waals surface area contributed by atoms with Crippen LogP contribution in [0.5, 0.6) is 0 Å². The number of aryl methyl sites for hydroxylation is 2. The van der Waals surface area contributed by atoms with Crippen molar-refractivity contribution in [1.29, 1.82) is 0 Å². The van der Waals surface area contributed by atoms with Crippen molar-refractivity contribution < 1.29 is 0 Å². The molecule has 0 radical (unpaired) electrons. The summed E-state index contributed by atoms with van der Waals surface area (Å²) in [4.78, 5) is 13.4. The Bertz CT molecular complexity index is 1250. The Kier molecular flexibility index (Phi) is 3.90. The van der Waals surface area contributed by atoms with Crippen LogP contribution in [0, 0.1) is 13.8 Å². The van der Waals surface area contributed by atoms with Crippen molar-refractivity contribution in [1.82, 2.24) is 19.6 Å². The van der Waals surface area contributed by atoms with Crippen molar-refractivity contribution in [2.75, 3.05) is 0 Å². The summed E-state index contributed by atoms with van der Waals surface area (Å²) in [6.07, 6.45) is 4.06. The molecule has 4 aromatic rings. The molecule has 1 saturated carbocycles. The van der Waals surface area contributed by atoms with Gasteiger partial charge in [-0.3, -0.25) is 4.79 Å². The van der Waals surface area contributed by atoms with Gasteiger partial charge in [0.25, 0.3) is 5.56 Å². The molecule has 28 heavy (non-hydrogen) atoms. The lowest BCUT2D eigenvalue weighted by molar-refractivity contribution is 0.626. The summed E-state index contributed by atoms with van der Waals surface area (Å²) < 4.78 is 3.40. The first-order valence-electron chi connectivity index (χ1n) is 9.72. The molecule has 2 heterocycles. The highest BCUT2D eigenvalue weighted by Crippen LogP contribution is 2.41. The molecule has 0 atom stereocenters. The fourth-order valence-corrected chi connectivity index (χ4v) is 3.83. The van der Waals surface area contributed by atoms with Gasteiger partial charge in [-0.15, -0.1) is 0 Å². The Labute approximate surface area is 163 Å². The zero-order valence-corrected chi connectivity index (χ0v) is 16.1. The van der Waals surface area contributed by atoms with Crippen LogP contribution in [0.25, 0.3) is 16.6 Å². The first kappa shape index (κ1) is 16.9. The normalized spacial score (nSPS) is 13.9. The third-order valence-electron chi connectivity index (χ3n) is 5.43. The number of hydrogen-bond acceptors (Lipinski definition) is 3. The van der Waals surface area contributed by atoms with E-state index < -0.39 is 0 Å². The maximum Gasteiger partial charge on any atom is 0.293 e. The van der Waals surface area contributed by atoms with E-state index in [1.165, 1.54) is 5.56 Å². The number of hydrogen-bond donors (Lipinski definition) is 0. The molecule has 0 aliphatic heterocycles. The quantitative estimate of drug-likeness (QED) is 0.543. The monoisotopic (exact) mass is 370 g/mol. The predicted molar refractivity (Wildman–Crippen MR) is 110 cm³/mol. The zero-order chi connectivity index (χ0) is 19.3. The molecule has 0 unspecified atom stereocenters. The first-order chi connectivity index (χ1) is 13.6. The number of benzene rings is 2. The van der Waals surface area contributed by atoms with Gasteiger partial charge in [-0.2, -0.15) is 10.2 Å². The molecule has 5 rings (SSSR count). The number of nitrogens with zero attached hydrogens (tertiary/aromatic N) is 4. The minimum atomic E-state index is -0.0957. The fourth-order valence-electron chi connectivity index (χ4n) is 3.83. The molecule has 0 bridgehead atoms. The average molecular weight is 370 g/mol. The second-order valence-electron chi connectivity index (χ2n) is 7.72. The zero-order valence-electron chi connectivity index (χ0n) is 16.1. The van der Waals surface area contributed by atoms with E-state index in [2.05, 4.69) is 24.2 Å². The van der Waals surface area contributed by atoms with Crippen LogP contribution in [0.3, 0.4) is 0 Å². The van der Waals surface area contributed by atoms with E-state index in [0.717, 1.165) is 40.7 Å². The average Bonchev–Trinajstić information content (AvgIpc) is 3.43. The molecule has 1 aliphatic rings. The molecule has 0 saturated heterocycles. The summed E-state index contributed by atoms with van der Waals surface area (Å²) in [5.74, 6) is 0.432. The topological polar surface area (TPSA) is 52.7 Å². The van der Waals surface area contributed by atoms with Gasteiger partial charge in [0.05, 0.1) is 24.1 Å². The summed E-state index contributed by atoms with van der Waals surface area (Å²) in [6.45, 7) is 4.57. The van der Waals surface area contributed by atoms with Gasteiger partial charge in [0.2, 0.25) is 0 Å². The maximum atomic E-state index is 13.4. The van der Waals surface area contributed by atoms with E-state index in [1.54, 1.807) is 15.6 Å². The van der Waals surface area contributed by atoms with Crippen molar-refractivity contribution in [3.05, 3.63) is 87.5 Å². The summed E-state index contributed by atoms with van der Waals surface area (Å²) in [5, 5.41) is 10.2. The minimum absolute atomic E-state index is 0.0957. The van der Waals surface area contributed by atoms with Crippen molar-refractivity contribution in [2.45, 2.75) is 39.2 Å². The van der Waals surface area contributed by atoms with Crippen LogP contribution in [0.15, 0.2) is 59.5 Å². The first-order valence-corrected chi connectivity index (χ1v) is 9.72. The lowest BCUT2D eigenvalue weighted by Crippen LogP contribution is -2.26. The van der Waals surface area contributed by atoms with E-state index in [9.17, 15) is 4.79 Å². The Morgan fingerprint density at radius 1 is 1.07 bits per heavy atom. The third kappa shape index (κ3) is 2.83. The van der Waals surface area contributed by atoms with Gasteiger partial charge in [-0.25, -0.2) is 9.36 Å². The molecular formula is C23H22N4O. The number of fused-ring (bicyclic) bond motifs is 1.